The first-order chi connectivity index (χ1) is 10.3. The van der Waals surface area contributed by atoms with Gasteiger partial charge in [0, 0.05) is 17.8 Å². The number of halogens is 4. The molecule has 0 unspecified atom stereocenters. The van der Waals surface area contributed by atoms with Crippen molar-refractivity contribution in [2.75, 3.05) is 17.3 Å². The number of anilines is 1. The molecule has 1 amide bonds. The summed E-state index contributed by atoms with van der Waals surface area (Å²) in [5, 5.41) is 2.91. The van der Waals surface area contributed by atoms with Gasteiger partial charge in [0.2, 0.25) is 5.91 Å². The summed E-state index contributed by atoms with van der Waals surface area (Å²) in [6.07, 6.45) is -2.57. The fraction of sp³-hybridized carbons (Fsp3) is 0.400. The van der Waals surface area contributed by atoms with E-state index < -0.39 is 17.6 Å². The Kier molecular flexibility index (Phi) is 6.93. The van der Waals surface area contributed by atoms with Crippen LogP contribution in [0.2, 0.25) is 0 Å². The van der Waals surface area contributed by atoms with Gasteiger partial charge in [-0.15, -0.1) is 6.58 Å². The van der Waals surface area contributed by atoms with Gasteiger partial charge in [-0.1, -0.05) is 22.0 Å². The van der Waals surface area contributed by atoms with Crippen molar-refractivity contribution in [2.24, 2.45) is 0 Å². The summed E-state index contributed by atoms with van der Waals surface area (Å²) < 4.78 is 45.6. The van der Waals surface area contributed by atoms with Gasteiger partial charge in [0.05, 0.1) is 17.9 Å². The van der Waals surface area contributed by atoms with Gasteiger partial charge < -0.3 is 10.1 Å². The van der Waals surface area contributed by atoms with E-state index in [0.29, 0.717) is 18.4 Å². The molecule has 0 heterocycles. The first kappa shape index (κ1) is 18.5. The number of carbonyl (C=O) groups is 1. The number of carbonyl (C=O) groups excluding carboxylic acids is 1. The molecule has 1 rings (SSSR count). The number of ether oxygens (including phenoxy) is 1. The predicted octanol–water partition coefficient (Wildman–Crippen LogP) is 4.56. The predicted molar refractivity (Wildman–Crippen MR) is 83.6 cm³/mol. The monoisotopic (exact) mass is 379 g/mol. The molecule has 0 aliphatic heterocycles. The third-order valence-electron chi connectivity index (χ3n) is 2.75. The molecule has 1 aromatic rings. The fourth-order valence-corrected chi connectivity index (χ4v) is 2.19. The molecule has 0 spiro atoms. The minimum atomic E-state index is -4.61. The SMILES string of the molecule is C=CCc1c(OCCCBr)ccc(NC(C)=O)c1C(F)(F)F. The number of allylic oxidation sites excluding steroid dienone is 1. The minimum absolute atomic E-state index is 0.00802. The quantitative estimate of drug-likeness (QED) is 0.428. The molecule has 0 bridgehead atoms. The Labute approximate surface area is 135 Å². The Balaban J connectivity index is 3.36. The maximum Gasteiger partial charge on any atom is 0.418 e. The molecule has 1 N–H and O–H groups in total. The van der Waals surface area contributed by atoms with Crippen LogP contribution in [0.3, 0.4) is 0 Å². The van der Waals surface area contributed by atoms with Crippen LogP contribution >= 0.6 is 15.9 Å². The van der Waals surface area contributed by atoms with Crippen LogP contribution in [-0.2, 0) is 17.4 Å². The van der Waals surface area contributed by atoms with Crippen LogP contribution in [-0.4, -0.2) is 17.8 Å². The maximum atomic E-state index is 13.4. The molecule has 0 saturated heterocycles. The number of benzene rings is 1. The van der Waals surface area contributed by atoms with Crippen molar-refractivity contribution < 1.29 is 22.7 Å². The van der Waals surface area contributed by atoms with Crippen molar-refractivity contribution in [2.45, 2.75) is 25.9 Å². The van der Waals surface area contributed by atoms with Crippen molar-refractivity contribution in [3.8, 4) is 5.75 Å². The van der Waals surface area contributed by atoms with Crippen molar-refractivity contribution >= 4 is 27.5 Å². The zero-order chi connectivity index (χ0) is 16.8. The van der Waals surface area contributed by atoms with Crippen LogP contribution in [0.25, 0.3) is 0 Å². The Morgan fingerprint density at radius 2 is 2.14 bits per heavy atom. The van der Waals surface area contributed by atoms with Gasteiger partial charge in [0.15, 0.2) is 0 Å². The second kappa shape index (κ2) is 8.22. The van der Waals surface area contributed by atoms with E-state index in [2.05, 4.69) is 27.8 Å². The number of nitrogens with one attached hydrogen (secondary N) is 1. The molecular weight excluding hydrogens is 363 g/mol. The molecule has 1 aromatic carbocycles. The Hall–Kier alpha value is -1.50. The van der Waals surface area contributed by atoms with Gasteiger partial charge in [-0.05, 0) is 25.0 Å². The van der Waals surface area contributed by atoms with Gasteiger partial charge in [-0.2, -0.15) is 13.2 Å². The van der Waals surface area contributed by atoms with Crippen LogP contribution in [0.15, 0.2) is 24.8 Å². The van der Waals surface area contributed by atoms with E-state index in [0.717, 1.165) is 6.92 Å². The Morgan fingerprint density at radius 1 is 1.45 bits per heavy atom. The zero-order valence-corrected chi connectivity index (χ0v) is 13.7. The number of hydrogen-bond acceptors (Lipinski definition) is 2. The van der Waals surface area contributed by atoms with Gasteiger partial charge in [0.25, 0.3) is 0 Å². The van der Waals surface area contributed by atoms with Crippen LogP contribution < -0.4 is 10.1 Å². The van der Waals surface area contributed by atoms with Gasteiger partial charge >= 0.3 is 6.18 Å². The summed E-state index contributed by atoms with van der Waals surface area (Å²) >= 11 is 3.23. The van der Waals surface area contributed by atoms with E-state index >= 15 is 0 Å². The molecule has 22 heavy (non-hydrogen) atoms. The Bertz CT molecular complexity index is 544. The van der Waals surface area contributed by atoms with Crippen LogP contribution in [0.4, 0.5) is 18.9 Å². The second-order valence-electron chi connectivity index (χ2n) is 4.53. The molecule has 0 fully saturated rings. The molecule has 0 aromatic heterocycles. The standard InChI is InChI=1S/C15H17BrF3NO2/c1-3-5-11-13(22-9-4-8-16)7-6-12(20-10(2)21)14(11)15(17,18)19/h3,6-7H,1,4-5,8-9H2,2H3,(H,20,21). The largest absolute Gasteiger partial charge is 0.493 e. The lowest BCUT2D eigenvalue weighted by atomic mass is 10.00. The minimum Gasteiger partial charge on any atom is -0.493 e. The highest BCUT2D eigenvalue weighted by Crippen LogP contribution is 2.41. The third kappa shape index (κ3) is 5.05. The van der Waals surface area contributed by atoms with E-state index in [-0.39, 0.29) is 23.4 Å². The first-order valence-electron chi connectivity index (χ1n) is 6.61. The molecule has 7 heteroatoms. The van der Waals surface area contributed by atoms with Crippen LogP contribution in [0, 0.1) is 0 Å². The maximum absolute atomic E-state index is 13.4. The first-order valence-corrected chi connectivity index (χ1v) is 7.73. The average Bonchev–Trinajstić information content (AvgIpc) is 2.39. The zero-order valence-electron chi connectivity index (χ0n) is 12.1. The van der Waals surface area contributed by atoms with E-state index in [9.17, 15) is 18.0 Å². The normalized spacial score (nSPS) is 11.1. The molecule has 122 valence electrons. The van der Waals surface area contributed by atoms with E-state index in [1.165, 1.54) is 18.2 Å². The molecule has 0 saturated carbocycles. The molecule has 0 atom stereocenters. The average molecular weight is 380 g/mol. The number of hydrogen-bond donors (Lipinski definition) is 1. The molecule has 0 aliphatic carbocycles. The van der Waals surface area contributed by atoms with Gasteiger partial charge in [-0.3, -0.25) is 4.79 Å². The fourth-order valence-electron chi connectivity index (χ4n) is 1.97. The smallest absolute Gasteiger partial charge is 0.418 e. The van der Waals surface area contributed by atoms with Crippen molar-refractivity contribution in [3.05, 3.63) is 35.9 Å². The van der Waals surface area contributed by atoms with Crippen LogP contribution in [0.5, 0.6) is 5.75 Å². The van der Waals surface area contributed by atoms with Gasteiger partial charge in [-0.25, -0.2) is 0 Å². The summed E-state index contributed by atoms with van der Waals surface area (Å²) in [6.45, 7) is 4.95. The molecule has 3 nitrogen and oxygen atoms in total. The lowest BCUT2D eigenvalue weighted by Gasteiger charge is -2.20. The van der Waals surface area contributed by atoms with E-state index in [1.807, 2.05) is 0 Å². The third-order valence-corrected chi connectivity index (χ3v) is 3.31. The summed E-state index contributed by atoms with van der Waals surface area (Å²) in [6, 6.07) is 2.65. The van der Waals surface area contributed by atoms with Crippen molar-refractivity contribution in [3.63, 3.8) is 0 Å². The summed E-state index contributed by atoms with van der Waals surface area (Å²) in [7, 11) is 0. The molecular formula is C15H17BrF3NO2. The van der Waals surface area contributed by atoms with E-state index in [4.69, 9.17) is 4.74 Å². The lowest BCUT2D eigenvalue weighted by molar-refractivity contribution is -0.137. The highest BCUT2D eigenvalue weighted by Gasteiger charge is 2.37. The summed E-state index contributed by atoms with van der Waals surface area (Å²) in [4.78, 5) is 11.1. The van der Waals surface area contributed by atoms with E-state index in [1.54, 1.807) is 0 Å². The number of alkyl halides is 4. The van der Waals surface area contributed by atoms with Crippen molar-refractivity contribution in [1.82, 2.24) is 0 Å². The molecule has 0 radical (unpaired) electrons. The lowest BCUT2D eigenvalue weighted by Crippen LogP contribution is -2.17. The number of rotatable bonds is 7. The Morgan fingerprint density at radius 3 is 2.64 bits per heavy atom. The summed E-state index contributed by atoms with van der Waals surface area (Å²) in [5.41, 5.74) is -1.19. The van der Waals surface area contributed by atoms with Crippen LogP contribution in [0.1, 0.15) is 24.5 Å². The second-order valence-corrected chi connectivity index (χ2v) is 5.32. The van der Waals surface area contributed by atoms with Gasteiger partial charge in [0.1, 0.15) is 5.75 Å². The molecule has 0 aliphatic rings. The highest BCUT2D eigenvalue weighted by molar-refractivity contribution is 9.09. The topological polar surface area (TPSA) is 38.3 Å². The number of amides is 1. The summed E-state index contributed by atoms with van der Waals surface area (Å²) in [5.74, 6) is -0.412. The van der Waals surface area contributed by atoms with Crippen molar-refractivity contribution in [1.29, 1.82) is 0 Å². The highest BCUT2D eigenvalue weighted by atomic mass is 79.9.